The maximum atomic E-state index is 5.74. The summed E-state index contributed by atoms with van der Waals surface area (Å²) in [6.07, 6.45) is 0.162. The van der Waals surface area contributed by atoms with E-state index in [1.54, 1.807) is 16.4 Å². The monoisotopic (exact) mass is 447 g/mol. The SMILES string of the molecule is CC(C)Oc1ccc(CNCCSc2nnnn2-c2ccccc2)cc1Br. The maximum absolute atomic E-state index is 5.74. The molecule has 2 aromatic carbocycles. The highest BCUT2D eigenvalue weighted by atomic mass is 79.9. The highest BCUT2D eigenvalue weighted by Crippen LogP contribution is 2.27. The van der Waals surface area contributed by atoms with E-state index in [1.165, 1.54) is 5.56 Å². The molecule has 27 heavy (non-hydrogen) atoms. The Bertz CT molecular complexity index is 856. The van der Waals surface area contributed by atoms with E-state index in [4.69, 9.17) is 4.74 Å². The van der Waals surface area contributed by atoms with Gasteiger partial charge in [0.05, 0.1) is 16.3 Å². The molecule has 3 aromatic rings. The van der Waals surface area contributed by atoms with Gasteiger partial charge in [-0.05, 0) is 70.0 Å². The van der Waals surface area contributed by atoms with Crippen LogP contribution in [0.4, 0.5) is 0 Å². The first kappa shape index (κ1) is 19.9. The molecular weight excluding hydrogens is 426 g/mol. The summed E-state index contributed by atoms with van der Waals surface area (Å²) in [4.78, 5) is 0. The average molecular weight is 448 g/mol. The van der Waals surface area contributed by atoms with E-state index < -0.39 is 0 Å². The number of thioether (sulfide) groups is 1. The lowest BCUT2D eigenvalue weighted by Crippen LogP contribution is -2.17. The van der Waals surface area contributed by atoms with E-state index >= 15 is 0 Å². The fourth-order valence-corrected chi connectivity index (χ4v) is 3.76. The zero-order valence-corrected chi connectivity index (χ0v) is 17.7. The Kier molecular flexibility index (Phi) is 7.25. The van der Waals surface area contributed by atoms with E-state index in [9.17, 15) is 0 Å². The minimum Gasteiger partial charge on any atom is -0.490 e. The van der Waals surface area contributed by atoms with Gasteiger partial charge >= 0.3 is 0 Å². The third-order valence-electron chi connectivity index (χ3n) is 3.64. The minimum atomic E-state index is 0.162. The number of nitrogens with zero attached hydrogens (tertiary/aromatic N) is 4. The van der Waals surface area contributed by atoms with Crippen LogP contribution >= 0.6 is 27.7 Å². The quantitative estimate of drug-likeness (QED) is 0.393. The van der Waals surface area contributed by atoms with Crippen molar-refractivity contribution in [3.8, 4) is 11.4 Å². The molecule has 0 aliphatic rings. The molecule has 1 aromatic heterocycles. The Labute approximate surface area is 171 Å². The van der Waals surface area contributed by atoms with Crippen molar-refractivity contribution in [3.05, 3.63) is 58.6 Å². The van der Waals surface area contributed by atoms with Gasteiger partial charge in [0.1, 0.15) is 5.75 Å². The summed E-state index contributed by atoms with van der Waals surface area (Å²) in [6, 6.07) is 16.1. The maximum Gasteiger partial charge on any atom is 0.214 e. The first-order valence-corrected chi connectivity index (χ1v) is 10.5. The molecule has 0 fully saturated rings. The number of para-hydroxylation sites is 1. The number of tetrazole rings is 1. The van der Waals surface area contributed by atoms with E-state index in [1.807, 2.05) is 50.2 Å². The van der Waals surface area contributed by atoms with Crippen LogP contribution in [0.25, 0.3) is 5.69 Å². The van der Waals surface area contributed by atoms with Gasteiger partial charge in [0.2, 0.25) is 5.16 Å². The predicted molar refractivity (Wildman–Crippen MR) is 111 cm³/mol. The molecule has 8 heteroatoms. The van der Waals surface area contributed by atoms with Crippen molar-refractivity contribution in [2.75, 3.05) is 12.3 Å². The van der Waals surface area contributed by atoms with Crippen molar-refractivity contribution in [2.45, 2.75) is 31.7 Å². The summed E-state index contributed by atoms with van der Waals surface area (Å²) in [7, 11) is 0. The number of ether oxygens (including phenoxy) is 1. The van der Waals surface area contributed by atoms with Crippen LogP contribution in [0.2, 0.25) is 0 Å². The van der Waals surface area contributed by atoms with Gasteiger partial charge in [0.25, 0.3) is 0 Å². The fourth-order valence-electron chi connectivity index (χ4n) is 2.45. The predicted octanol–water partition coefficient (Wildman–Crippen LogP) is 4.09. The molecule has 0 atom stereocenters. The summed E-state index contributed by atoms with van der Waals surface area (Å²) in [6.45, 7) is 5.69. The van der Waals surface area contributed by atoms with Gasteiger partial charge in [0.15, 0.2) is 0 Å². The molecule has 3 rings (SSSR count). The molecule has 0 unspecified atom stereocenters. The van der Waals surface area contributed by atoms with Crippen LogP contribution in [0.15, 0.2) is 58.2 Å². The Morgan fingerprint density at radius 1 is 1.19 bits per heavy atom. The van der Waals surface area contributed by atoms with Gasteiger partial charge in [-0.25, -0.2) is 0 Å². The summed E-state index contributed by atoms with van der Waals surface area (Å²) in [5.74, 6) is 1.75. The largest absolute Gasteiger partial charge is 0.490 e. The first-order chi connectivity index (χ1) is 13.1. The standard InChI is InChI=1S/C19H22BrN5OS/c1-14(2)26-18-9-8-15(12-17(18)20)13-21-10-11-27-19-22-23-24-25(19)16-6-4-3-5-7-16/h3-9,12,14,21H,10-11,13H2,1-2H3. The van der Waals surface area contributed by atoms with Crippen molar-refractivity contribution < 1.29 is 4.74 Å². The molecule has 0 saturated heterocycles. The van der Waals surface area contributed by atoms with Crippen LogP contribution in [-0.2, 0) is 6.54 Å². The second-order valence-corrected chi connectivity index (χ2v) is 8.08. The van der Waals surface area contributed by atoms with Crippen molar-refractivity contribution in [3.63, 3.8) is 0 Å². The van der Waals surface area contributed by atoms with Crippen LogP contribution in [0.3, 0.4) is 0 Å². The van der Waals surface area contributed by atoms with Crippen molar-refractivity contribution in [1.82, 2.24) is 25.5 Å². The van der Waals surface area contributed by atoms with Gasteiger partial charge in [-0.15, -0.1) is 5.10 Å². The lowest BCUT2D eigenvalue weighted by Gasteiger charge is -2.12. The van der Waals surface area contributed by atoms with Crippen molar-refractivity contribution in [2.24, 2.45) is 0 Å². The average Bonchev–Trinajstić information content (AvgIpc) is 3.12. The Morgan fingerprint density at radius 3 is 2.74 bits per heavy atom. The topological polar surface area (TPSA) is 64.9 Å². The fraction of sp³-hybridized carbons (Fsp3) is 0.316. The Morgan fingerprint density at radius 2 is 2.00 bits per heavy atom. The van der Waals surface area contributed by atoms with E-state index in [2.05, 4.69) is 48.9 Å². The molecule has 0 amide bonds. The van der Waals surface area contributed by atoms with Gasteiger partial charge in [-0.3, -0.25) is 0 Å². The number of aromatic nitrogens is 4. The molecular formula is C19H22BrN5OS. The molecule has 1 heterocycles. The van der Waals surface area contributed by atoms with Crippen LogP contribution in [0, 0.1) is 0 Å². The first-order valence-electron chi connectivity index (χ1n) is 8.76. The van der Waals surface area contributed by atoms with Crippen LogP contribution < -0.4 is 10.1 Å². The van der Waals surface area contributed by atoms with E-state index in [0.29, 0.717) is 0 Å². The lowest BCUT2D eigenvalue weighted by molar-refractivity contribution is 0.241. The number of nitrogens with one attached hydrogen (secondary N) is 1. The normalized spacial score (nSPS) is 11.1. The van der Waals surface area contributed by atoms with Gasteiger partial charge in [-0.2, -0.15) is 4.68 Å². The van der Waals surface area contributed by atoms with Crippen LogP contribution in [0.5, 0.6) is 5.75 Å². The van der Waals surface area contributed by atoms with E-state index in [-0.39, 0.29) is 6.10 Å². The molecule has 6 nitrogen and oxygen atoms in total. The number of halogens is 1. The molecule has 0 radical (unpaired) electrons. The molecule has 0 bridgehead atoms. The third-order valence-corrected chi connectivity index (χ3v) is 5.18. The van der Waals surface area contributed by atoms with Gasteiger partial charge in [0, 0.05) is 18.8 Å². The van der Waals surface area contributed by atoms with E-state index in [0.717, 1.165) is 39.9 Å². The zero-order chi connectivity index (χ0) is 19.1. The summed E-state index contributed by atoms with van der Waals surface area (Å²) in [5, 5.41) is 16.2. The molecule has 1 N–H and O–H groups in total. The third kappa shape index (κ3) is 5.79. The Balaban J connectivity index is 1.45. The van der Waals surface area contributed by atoms with Crippen LogP contribution in [-0.4, -0.2) is 38.6 Å². The Hall–Kier alpha value is -1.90. The second kappa shape index (κ2) is 9.87. The molecule has 0 saturated carbocycles. The molecule has 0 aliphatic heterocycles. The summed E-state index contributed by atoms with van der Waals surface area (Å²) < 4.78 is 8.48. The highest BCUT2D eigenvalue weighted by molar-refractivity contribution is 9.10. The van der Waals surface area contributed by atoms with Gasteiger partial charge in [-0.1, -0.05) is 36.0 Å². The molecule has 0 spiro atoms. The van der Waals surface area contributed by atoms with Crippen molar-refractivity contribution in [1.29, 1.82) is 0 Å². The summed E-state index contributed by atoms with van der Waals surface area (Å²) >= 11 is 5.20. The minimum absolute atomic E-state index is 0.162. The number of rotatable bonds is 9. The second-order valence-electron chi connectivity index (χ2n) is 6.17. The summed E-state index contributed by atoms with van der Waals surface area (Å²) in [5.41, 5.74) is 2.17. The lowest BCUT2D eigenvalue weighted by atomic mass is 10.2. The smallest absolute Gasteiger partial charge is 0.214 e. The van der Waals surface area contributed by atoms with Gasteiger partial charge < -0.3 is 10.1 Å². The number of hydrogen-bond donors (Lipinski definition) is 1. The number of hydrogen-bond acceptors (Lipinski definition) is 6. The zero-order valence-electron chi connectivity index (χ0n) is 15.3. The highest BCUT2D eigenvalue weighted by Gasteiger charge is 2.08. The van der Waals surface area contributed by atoms with Crippen molar-refractivity contribution >= 4 is 27.7 Å². The molecule has 142 valence electrons. The molecule has 0 aliphatic carbocycles. The van der Waals surface area contributed by atoms with Crippen LogP contribution in [0.1, 0.15) is 19.4 Å². The number of benzene rings is 2.